The summed E-state index contributed by atoms with van der Waals surface area (Å²) in [4.78, 5) is 0. The summed E-state index contributed by atoms with van der Waals surface area (Å²) in [6, 6.07) is 4.94. The molecule has 0 bridgehead atoms. The van der Waals surface area contributed by atoms with E-state index in [1.807, 2.05) is 0 Å². The minimum Gasteiger partial charge on any atom is -0.393 e. The van der Waals surface area contributed by atoms with E-state index in [2.05, 4.69) is 13.8 Å². The second-order valence-electron chi connectivity index (χ2n) is 4.67. The van der Waals surface area contributed by atoms with Crippen molar-refractivity contribution in [2.24, 2.45) is 0 Å². The van der Waals surface area contributed by atoms with Crippen LogP contribution in [0.3, 0.4) is 0 Å². The normalized spacial score (nSPS) is 11.2. The van der Waals surface area contributed by atoms with Crippen molar-refractivity contribution in [1.82, 2.24) is 0 Å². The average molecular weight is 301 g/mol. The third-order valence-electron chi connectivity index (χ3n) is 2.76. The van der Waals surface area contributed by atoms with Crippen molar-refractivity contribution in [3.8, 4) is 0 Å². The second kappa shape index (κ2) is 10.0. The fraction of sp³-hybridized carbons (Fsp3) is 0.600. The Kier molecular flexibility index (Phi) is 8.65. The predicted octanol–water partition coefficient (Wildman–Crippen LogP) is 4.24. The molecule has 0 heterocycles. The van der Waals surface area contributed by atoms with Gasteiger partial charge in [0.05, 0.1) is 0 Å². The van der Waals surface area contributed by atoms with Gasteiger partial charge in [0.2, 0.25) is 0 Å². The van der Waals surface area contributed by atoms with Gasteiger partial charge < -0.3 is 8.85 Å². The first-order valence-corrected chi connectivity index (χ1v) is 8.75. The first kappa shape index (κ1) is 17.3. The van der Waals surface area contributed by atoms with E-state index in [1.165, 1.54) is 12.1 Å². The van der Waals surface area contributed by atoms with E-state index in [-0.39, 0.29) is 0 Å². The zero-order valence-corrected chi connectivity index (χ0v) is 13.3. The van der Waals surface area contributed by atoms with Gasteiger partial charge in [-0.25, -0.2) is 8.78 Å². The standard InChI is InChI=1S/C15H23F2O2Si/c1-3-9-18-20(19-10-4-2)11-5-6-13-7-8-14(16)15(17)12-13/h7-8,12H,3-6,9-11H2,1-2H3. The average Bonchev–Trinajstić information content (AvgIpc) is 2.45. The van der Waals surface area contributed by atoms with Crippen molar-refractivity contribution >= 4 is 9.28 Å². The molecule has 0 aliphatic carbocycles. The molecular weight excluding hydrogens is 278 g/mol. The lowest BCUT2D eigenvalue weighted by Gasteiger charge is -2.14. The lowest BCUT2D eigenvalue weighted by Crippen LogP contribution is -2.24. The Morgan fingerprint density at radius 1 is 1.00 bits per heavy atom. The summed E-state index contributed by atoms with van der Waals surface area (Å²) in [6.45, 7) is 5.59. The summed E-state index contributed by atoms with van der Waals surface area (Å²) >= 11 is 0. The van der Waals surface area contributed by atoms with E-state index in [1.54, 1.807) is 6.07 Å². The molecule has 0 saturated heterocycles. The highest BCUT2D eigenvalue weighted by atomic mass is 28.3. The van der Waals surface area contributed by atoms with Gasteiger partial charge in [0.15, 0.2) is 11.6 Å². The molecule has 0 amide bonds. The highest BCUT2D eigenvalue weighted by Crippen LogP contribution is 2.13. The maximum Gasteiger partial charge on any atom is 0.384 e. The SMILES string of the molecule is CCCO[Si](CCCc1ccc(F)c(F)c1)OCCC. The van der Waals surface area contributed by atoms with Gasteiger partial charge in [-0.3, -0.25) is 0 Å². The quantitative estimate of drug-likeness (QED) is 0.602. The fourth-order valence-electron chi connectivity index (χ4n) is 1.75. The molecule has 1 rings (SSSR count). The summed E-state index contributed by atoms with van der Waals surface area (Å²) in [5.74, 6) is -1.58. The van der Waals surface area contributed by atoms with E-state index in [9.17, 15) is 8.78 Å². The van der Waals surface area contributed by atoms with Gasteiger partial charge in [-0.2, -0.15) is 0 Å². The molecule has 0 fully saturated rings. The Balaban J connectivity index is 2.36. The minimum absolute atomic E-state index is 0.719. The van der Waals surface area contributed by atoms with Crippen LogP contribution < -0.4 is 0 Å². The maximum atomic E-state index is 13.1. The van der Waals surface area contributed by atoms with Gasteiger partial charge in [-0.1, -0.05) is 19.9 Å². The molecule has 0 atom stereocenters. The van der Waals surface area contributed by atoms with E-state index >= 15 is 0 Å². The van der Waals surface area contributed by atoms with Crippen molar-refractivity contribution < 1.29 is 17.6 Å². The zero-order chi connectivity index (χ0) is 14.8. The topological polar surface area (TPSA) is 18.5 Å². The summed E-state index contributed by atoms with van der Waals surface area (Å²) in [5, 5.41) is 0. The molecule has 0 aromatic heterocycles. The van der Waals surface area contributed by atoms with Gasteiger partial charge in [0.1, 0.15) is 0 Å². The molecule has 0 saturated carbocycles. The molecule has 0 unspecified atom stereocenters. The third-order valence-corrected chi connectivity index (χ3v) is 4.58. The molecule has 5 heteroatoms. The van der Waals surface area contributed by atoms with Gasteiger partial charge in [-0.05, 0) is 49.4 Å². The van der Waals surface area contributed by atoms with Gasteiger partial charge >= 0.3 is 9.28 Å². The molecule has 0 N–H and O–H groups in total. The molecule has 113 valence electrons. The Bertz CT molecular complexity index is 380. The highest BCUT2D eigenvalue weighted by Gasteiger charge is 2.15. The predicted molar refractivity (Wildman–Crippen MR) is 77.7 cm³/mol. The smallest absolute Gasteiger partial charge is 0.384 e. The lowest BCUT2D eigenvalue weighted by molar-refractivity contribution is 0.196. The first-order chi connectivity index (χ1) is 9.67. The number of aryl methyl sites for hydroxylation is 1. The third kappa shape index (κ3) is 6.59. The van der Waals surface area contributed by atoms with Crippen LogP contribution >= 0.6 is 0 Å². The van der Waals surface area contributed by atoms with Crippen LogP contribution in [0.4, 0.5) is 8.78 Å². The molecule has 0 spiro atoms. The summed E-state index contributed by atoms with van der Waals surface area (Å²) in [5.41, 5.74) is 0.816. The molecular formula is C15H23F2O2Si. The van der Waals surface area contributed by atoms with Crippen LogP contribution in [-0.2, 0) is 15.3 Å². The molecule has 1 aromatic rings. The van der Waals surface area contributed by atoms with Crippen molar-refractivity contribution in [3.05, 3.63) is 35.4 Å². The van der Waals surface area contributed by atoms with Crippen LogP contribution in [0.25, 0.3) is 0 Å². The van der Waals surface area contributed by atoms with Crippen LogP contribution in [0.15, 0.2) is 18.2 Å². The molecule has 20 heavy (non-hydrogen) atoms. The molecule has 0 aliphatic rings. The minimum atomic E-state index is -1.23. The Hall–Kier alpha value is -0.783. The number of halogens is 2. The van der Waals surface area contributed by atoms with Crippen LogP contribution in [-0.4, -0.2) is 22.5 Å². The van der Waals surface area contributed by atoms with Crippen molar-refractivity contribution in [2.45, 2.75) is 45.6 Å². The van der Waals surface area contributed by atoms with Crippen LogP contribution in [0.5, 0.6) is 0 Å². The fourth-order valence-corrected chi connectivity index (χ4v) is 3.45. The van der Waals surface area contributed by atoms with E-state index in [0.717, 1.165) is 50.5 Å². The van der Waals surface area contributed by atoms with Gasteiger partial charge in [0, 0.05) is 13.2 Å². The summed E-state index contributed by atoms with van der Waals surface area (Å²) in [6.07, 6.45) is 3.54. The second-order valence-corrected chi connectivity index (χ2v) is 6.49. The largest absolute Gasteiger partial charge is 0.393 e. The van der Waals surface area contributed by atoms with E-state index in [0.29, 0.717) is 0 Å². The first-order valence-electron chi connectivity index (χ1n) is 7.22. The summed E-state index contributed by atoms with van der Waals surface area (Å²) < 4.78 is 37.3. The van der Waals surface area contributed by atoms with Gasteiger partial charge in [-0.15, -0.1) is 0 Å². The molecule has 1 radical (unpaired) electrons. The van der Waals surface area contributed by atoms with Gasteiger partial charge in [0.25, 0.3) is 0 Å². The maximum absolute atomic E-state index is 13.1. The monoisotopic (exact) mass is 301 g/mol. The number of hydrogen-bond acceptors (Lipinski definition) is 2. The van der Waals surface area contributed by atoms with E-state index in [4.69, 9.17) is 8.85 Å². The van der Waals surface area contributed by atoms with Crippen molar-refractivity contribution in [1.29, 1.82) is 0 Å². The Labute approximate surface area is 121 Å². The Morgan fingerprint density at radius 2 is 1.65 bits per heavy atom. The highest BCUT2D eigenvalue weighted by molar-refractivity contribution is 6.44. The summed E-state index contributed by atoms with van der Waals surface area (Å²) in [7, 11) is -1.23. The van der Waals surface area contributed by atoms with Crippen molar-refractivity contribution in [2.75, 3.05) is 13.2 Å². The lowest BCUT2D eigenvalue weighted by atomic mass is 10.1. The van der Waals surface area contributed by atoms with Crippen LogP contribution in [0.1, 0.15) is 38.7 Å². The van der Waals surface area contributed by atoms with Crippen molar-refractivity contribution in [3.63, 3.8) is 0 Å². The Morgan fingerprint density at radius 3 is 2.20 bits per heavy atom. The molecule has 0 aliphatic heterocycles. The number of rotatable bonds is 10. The molecule has 1 aromatic carbocycles. The van der Waals surface area contributed by atoms with Crippen LogP contribution in [0.2, 0.25) is 6.04 Å². The zero-order valence-electron chi connectivity index (χ0n) is 12.3. The number of hydrogen-bond donors (Lipinski definition) is 0. The number of benzene rings is 1. The van der Waals surface area contributed by atoms with E-state index < -0.39 is 20.9 Å². The molecule has 2 nitrogen and oxygen atoms in total. The van der Waals surface area contributed by atoms with Crippen LogP contribution in [0, 0.1) is 11.6 Å².